The summed E-state index contributed by atoms with van der Waals surface area (Å²) >= 11 is 0. The molecule has 8 heteroatoms. The fourth-order valence-electron chi connectivity index (χ4n) is 4.36. The molecule has 0 radical (unpaired) electrons. The number of piperidine rings is 1. The number of amides is 1. The van der Waals surface area contributed by atoms with E-state index >= 15 is 0 Å². The molecule has 0 aliphatic carbocycles. The predicted octanol–water partition coefficient (Wildman–Crippen LogP) is 1.93. The Morgan fingerprint density at radius 2 is 1.65 bits per heavy atom. The van der Waals surface area contributed by atoms with Gasteiger partial charge in [-0.2, -0.15) is 0 Å². The van der Waals surface area contributed by atoms with Crippen LogP contribution in [-0.2, 0) is 19.6 Å². The van der Waals surface area contributed by atoms with Crippen molar-refractivity contribution in [3.05, 3.63) is 0 Å². The lowest BCUT2D eigenvalue weighted by molar-refractivity contribution is -0.151. The van der Waals surface area contributed by atoms with Crippen LogP contribution in [0.3, 0.4) is 0 Å². The van der Waals surface area contributed by atoms with Crippen molar-refractivity contribution < 1.29 is 23.1 Å². The zero-order valence-electron chi connectivity index (χ0n) is 16.1. The van der Waals surface area contributed by atoms with Crippen molar-refractivity contribution in [3.63, 3.8) is 0 Å². The Balaban J connectivity index is 2.03. The van der Waals surface area contributed by atoms with Gasteiger partial charge in [0.05, 0.1) is 17.1 Å². The summed E-state index contributed by atoms with van der Waals surface area (Å²) < 4.78 is 27.0. The molecule has 2 saturated heterocycles. The minimum absolute atomic E-state index is 0.161. The van der Waals surface area contributed by atoms with Gasteiger partial charge in [0.2, 0.25) is 15.9 Å². The molecule has 0 saturated carbocycles. The largest absolute Gasteiger partial charge is 0.481 e. The van der Waals surface area contributed by atoms with E-state index in [9.17, 15) is 23.1 Å². The molecule has 1 amide bonds. The SMILES string of the molecule is CC(C)CC(C)(CC(=O)O)C(=O)N1CCC(S(=O)(=O)N2CCCC2)CC1. The first kappa shape index (κ1) is 21.2. The summed E-state index contributed by atoms with van der Waals surface area (Å²) in [6, 6.07) is 0. The summed E-state index contributed by atoms with van der Waals surface area (Å²) in [5.41, 5.74) is -0.944. The van der Waals surface area contributed by atoms with Gasteiger partial charge in [-0.05, 0) is 38.0 Å². The van der Waals surface area contributed by atoms with Crippen LogP contribution in [0.15, 0.2) is 0 Å². The Hall–Kier alpha value is -1.15. The van der Waals surface area contributed by atoms with Crippen LogP contribution < -0.4 is 0 Å². The topological polar surface area (TPSA) is 95.0 Å². The van der Waals surface area contributed by atoms with Gasteiger partial charge >= 0.3 is 5.97 Å². The number of carbonyl (C=O) groups is 2. The van der Waals surface area contributed by atoms with E-state index in [1.165, 1.54) is 0 Å². The third-order valence-electron chi connectivity index (χ3n) is 5.49. The Kier molecular flexibility index (Phi) is 6.71. The Morgan fingerprint density at radius 1 is 1.12 bits per heavy atom. The van der Waals surface area contributed by atoms with E-state index in [0.717, 1.165) is 12.8 Å². The van der Waals surface area contributed by atoms with Crippen LogP contribution in [0.25, 0.3) is 0 Å². The van der Waals surface area contributed by atoms with Gasteiger partial charge in [-0.25, -0.2) is 12.7 Å². The number of carboxylic acids is 1. The van der Waals surface area contributed by atoms with Crippen molar-refractivity contribution in [2.75, 3.05) is 26.2 Å². The monoisotopic (exact) mass is 388 g/mol. The summed E-state index contributed by atoms with van der Waals surface area (Å²) in [6.07, 6.45) is 2.99. The summed E-state index contributed by atoms with van der Waals surface area (Å²) in [6.45, 7) is 7.63. The number of hydrogen-bond acceptors (Lipinski definition) is 4. The molecule has 1 unspecified atom stereocenters. The summed E-state index contributed by atoms with van der Waals surface area (Å²) in [4.78, 5) is 25.9. The third kappa shape index (κ3) is 4.76. The van der Waals surface area contributed by atoms with Crippen molar-refractivity contribution in [1.29, 1.82) is 0 Å². The number of sulfonamides is 1. The van der Waals surface area contributed by atoms with E-state index in [1.807, 2.05) is 13.8 Å². The second kappa shape index (κ2) is 8.25. The Bertz CT molecular complexity index is 619. The van der Waals surface area contributed by atoms with Crippen LogP contribution in [0.1, 0.15) is 59.3 Å². The normalized spacial score (nSPS) is 22.5. The average molecular weight is 389 g/mol. The van der Waals surface area contributed by atoms with E-state index in [4.69, 9.17) is 0 Å². The summed E-state index contributed by atoms with van der Waals surface area (Å²) in [5, 5.41) is 8.79. The second-order valence-electron chi connectivity index (χ2n) is 8.37. The van der Waals surface area contributed by atoms with Crippen molar-refractivity contribution in [2.24, 2.45) is 11.3 Å². The number of likely N-dealkylation sites (tertiary alicyclic amines) is 1. The zero-order chi connectivity index (χ0) is 19.5. The first-order valence-corrected chi connectivity index (χ1v) is 11.1. The molecule has 0 aromatic carbocycles. The number of rotatable bonds is 7. The molecule has 2 rings (SSSR count). The van der Waals surface area contributed by atoms with Crippen LogP contribution in [0, 0.1) is 11.3 Å². The van der Waals surface area contributed by atoms with Crippen LogP contribution >= 0.6 is 0 Å². The molecule has 7 nitrogen and oxygen atoms in total. The molecule has 0 bridgehead atoms. The highest BCUT2D eigenvalue weighted by atomic mass is 32.2. The molecule has 2 heterocycles. The van der Waals surface area contributed by atoms with Gasteiger partial charge in [-0.1, -0.05) is 20.8 Å². The van der Waals surface area contributed by atoms with Gasteiger partial charge in [0.15, 0.2) is 0 Å². The van der Waals surface area contributed by atoms with E-state index < -0.39 is 26.7 Å². The molecule has 2 aliphatic rings. The van der Waals surface area contributed by atoms with Crippen molar-refractivity contribution in [1.82, 2.24) is 9.21 Å². The minimum Gasteiger partial charge on any atom is -0.481 e. The van der Waals surface area contributed by atoms with Crippen molar-refractivity contribution in [2.45, 2.75) is 64.5 Å². The molecule has 1 N–H and O–H groups in total. The first-order valence-electron chi connectivity index (χ1n) is 9.56. The summed E-state index contributed by atoms with van der Waals surface area (Å²) in [5.74, 6) is -0.935. The molecule has 2 aliphatic heterocycles. The lowest BCUT2D eigenvalue weighted by Crippen LogP contribution is -2.50. The predicted molar refractivity (Wildman–Crippen MR) is 99.1 cm³/mol. The highest BCUT2D eigenvalue weighted by Crippen LogP contribution is 2.34. The number of carboxylic acid groups (broad SMARTS) is 1. The zero-order valence-corrected chi connectivity index (χ0v) is 16.9. The molecule has 0 spiro atoms. The van der Waals surface area contributed by atoms with Crippen LogP contribution in [0.5, 0.6) is 0 Å². The molecular formula is C18H32N2O5S. The first-order chi connectivity index (χ1) is 12.1. The maximum Gasteiger partial charge on any atom is 0.304 e. The van der Waals surface area contributed by atoms with Crippen molar-refractivity contribution in [3.8, 4) is 0 Å². The maximum atomic E-state index is 13.0. The van der Waals surface area contributed by atoms with E-state index in [-0.39, 0.29) is 18.2 Å². The fourth-order valence-corrected chi connectivity index (χ4v) is 6.36. The minimum atomic E-state index is -3.28. The second-order valence-corrected chi connectivity index (χ2v) is 10.6. The van der Waals surface area contributed by atoms with Gasteiger partial charge in [0.1, 0.15) is 0 Å². The standard InChI is InChI=1S/C18H32N2O5S/c1-14(2)12-18(3,13-16(21)22)17(23)19-10-6-15(7-11-19)26(24,25)20-8-4-5-9-20/h14-15H,4-13H2,1-3H3,(H,21,22). The quantitative estimate of drug-likeness (QED) is 0.719. The molecule has 1 atom stereocenters. The highest BCUT2D eigenvalue weighted by Gasteiger charge is 2.42. The number of hydrogen-bond donors (Lipinski definition) is 1. The molecule has 0 aromatic heterocycles. The van der Waals surface area contributed by atoms with E-state index in [2.05, 4.69) is 0 Å². The maximum absolute atomic E-state index is 13.0. The molecule has 26 heavy (non-hydrogen) atoms. The lowest BCUT2D eigenvalue weighted by Gasteiger charge is -2.39. The van der Waals surface area contributed by atoms with Crippen molar-refractivity contribution >= 4 is 21.9 Å². The van der Waals surface area contributed by atoms with Gasteiger partial charge in [-0.15, -0.1) is 0 Å². The smallest absolute Gasteiger partial charge is 0.304 e. The Morgan fingerprint density at radius 3 is 2.12 bits per heavy atom. The number of aliphatic carboxylic acids is 1. The third-order valence-corrected chi connectivity index (χ3v) is 7.89. The van der Waals surface area contributed by atoms with E-state index in [1.54, 1.807) is 16.1 Å². The van der Waals surface area contributed by atoms with Crippen LogP contribution in [-0.4, -0.2) is 66.0 Å². The van der Waals surface area contributed by atoms with Gasteiger partial charge in [-0.3, -0.25) is 9.59 Å². The van der Waals surface area contributed by atoms with Gasteiger partial charge in [0.25, 0.3) is 0 Å². The van der Waals surface area contributed by atoms with Crippen LogP contribution in [0.4, 0.5) is 0 Å². The highest BCUT2D eigenvalue weighted by molar-refractivity contribution is 7.89. The molecule has 150 valence electrons. The molecular weight excluding hydrogens is 356 g/mol. The van der Waals surface area contributed by atoms with Gasteiger partial charge < -0.3 is 10.0 Å². The number of carbonyl (C=O) groups excluding carboxylic acids is 1. The fraction of sp³-hybridized carbons (Fsp3) is 0.889. The summed E-state index contributed by atoms with van der Waals surface area (Å²) in [7, 11) is -3.28. The molecule has 2 fully saturated rings. The van der Waals surface area contributed by atoms with Crippen LogP contribution in [0.2, 0.25) is 0 Å². The number of nitrogens with zero attached hydrogens (tertiary/aromatic N) is 2. The lowest BCUT2D eigenvalue weighted by atomic mass is 9.77. The van der Waals surface area contributed by atoms with Gasteiger partial charge in [0, 0.05) is 26.2 Å². The van der Waals surface area contributed by atoms with E-state index in [0.29, 0.717) is 45.4 Å². The average Bonchev–Trinajstić information content (AvgIpc) is 3.08. The molecule has 0 aromatic rings. The Labute approximate surface area is 156 Å².